The number of hydrogen-bond acceptors (Lipinski definition) is 9. The minimum Gasteiger partial charge on any atom is -0.481 e. The van der Waals surface area contributed by atoms with Crippen LogP contribution < -0.4 is 5.32 Å². The van der Waals surface area contributed by atoms with E-state index in [0.717, 1.165) is 67.7 Å². The van der Waals surface area contributed by atoms with Crippen molar-refractivity contribution in [3.63, 3.8) is 0 Å². The molecular weight excluding hydrogens is 635 g/mol. The second kappa shape index (κ2) is 17.5. The highest BCUT2D eigenvalue weighted by Gasteiger charge is 2.32. The number of thioether (sulfide) groups is 1. The molecule has 0 radical (unpaired) electrons. The molecule has 3 atom stereocenters. The number of unbranched alkanes of at least 4 members (excludes halogenated alkanes) is 3. The molecule has 1 aromatic heterocycles. The lowest BCUT2D eigenvalue weighted by Crippen LogP contribution is -2.31. The van der Waals surface area contributed by atoms with Crippen molar-refractivity contribution in [3.05, 3.63) is 100 Å². The quantitative estimate of drug-likeness (QED) is 0.0822. The number of benzene rings is 3. The van der Waals surface area contributed by atoms with Gasteiger partial charge in [0.25, 0.3) is 0 Å². The van der Waals surface area contributed by atoms with Crippen molar-refractivity contribution >= 4 is 35.0 Å². The maximum atomic E-state index is 12.3. The third kappa shape index (κ3) is 10.7. The highest BCUT2D eigenvalue weighted by atomic mass is 32.2. The number of carbonyl (C=O) groups is 2. The Morgan fingerprint density at radius 3 is 2.34 bits per heavy atom. The van der Waals surface area contributed by atoms with E-state index in [1.807, 2.05) is 55.5 Å². The van der Waals surface area contributed by atoms with Crippen LogP contribution in [-0.2, 0) is 32.2 Å². The Kier molecular flexibility index (Phi) is 12.9. The monoisotopic (exact) mass is 675 g/mol. The average Bonchev–Trinajstić information content (AvgIpc) is 3.52. The molecule has 0 spiro atoms. The topological polar surface area (TPSA) is 131 Å². The molecule has 3 N–H and O–H groups in total. The van der Waals surface area contributed by atoms with Gasteiger partial charge in [0.1, 0.15) is 5.01 Å². The smallest absolute Gasteiger partial charge is 0.303 e. The number of aromatic nitrogens is 2. The predicted octanol–water partition coefficient (Wildman–Crippen LogP) is 7.38. The van der Waals surface area contributed by atoms with E-state index < -0.39 is 12.3 Å². The van der Waals surface area contributed by atoms with Crippen LogP contribution in [0.2, 0.25) is 0 Å². The zero-order chi connectivity index (χ0) is 33.0. The minimum absolute atomic E-state index is 0.000777. The average molecular weight is 676 g/mol. The Morgan fingerprint density at radius 2 is 1.64 bits per heavy atom. The van der Waals surface area contributed by atoms with Crippen LogP contribution in [0, 0.1) is 6.92 Å². The van der Waals surface area contributed by atoms with E-state index in [-0.39, 0.29) is 31.1 Å². The first kappa shape index (κ1) is 34.7. The number of carboxylic acids is 1. The van der Waals surface area contributed by atoms with E-state index in [9.17, 15) is 14.7 Å². The lowest BCUT2D eigenvalue weighted by Gasteiger charge is -2.36. The normalized spacial score (nSPS) is 17.8. The minimum atomic E-state index is -0.774. The van der Waals surface area contributed by atoms with Crippen molar-refractivity contribution in [2.24, 2.45) is 0 Å². The van der Waals surface area contributed by atoms with Gasteiger partial charge in [0.05, 0.1) is 18.8 Å². The molecule has 3 aromatic carbocycles. The fourth-order valence-electron chi connectivity index (χ4n) is 5.42. The molecule has 0 saturated carbocycles. The summed E-state index contributed by atoms with van der Waals surface area (Å²) in [6.07, 6.45) is 3.64. The van der Waals surface area contributed by atoms with Crippen LogP contribution in [0.15, 0.2) is 77.1 Å². The molecule has 1 amide bonds. The van der Waals surface area contributed by atoms with Gasteiger partial charge in [0.15, 0.2) is 10.6 Å². The Morgan fingerprint density at radius 1 is 0.894 bits per heavy atom. The van der Waals surface area contributed by atoms with E-state index in [4.69, 9.17) is 14.6 Å². The zero-order valence-corrected chi connectivity index (χ0v) is 28.1. The van der Waals surface area contributed by atoms with Crippen molar-refractivity contribution in [3.8, 4) is 11.1 Å². The fourth-order valence-corrected chi connectivity index (χ4v) is 7.28. The number of aliphatic hydroxyl groups is 1. The van der Waals surface area contributed by atoms with Crippen molar-refractivity contribution in [1.82, 2.24) is 15.5 Å². The number of rotatable bonds is 16. The number of ether oxygens (including phenoxy) is 2. The van der Waals surface area contributed by atoms with Crippen LogP contribution in [-0.4, -0.2) is 44.1 Å². The number of nitrogens with one attached hydrogen (secondary N) is 1. The SMILES string of the molecule is Cc1nnc(SCC2CC(c3ccc(CO)cc3)OC(c3ccc(-c4cccc(CNC(=O)CCCCCCC(=O)O)c4)cc3)O2)s1. The third-order valence-corrected chi connectivity index (χ3v) is 10.1. The van der Waals surface area contributed by atoms with Gasteiger partial charge < -0.3 is 25.0 Å². The summed E-state index contributed by atoms with van der Waals surface area (Å²) in [4.78, 5) is 22.9. The molecule has 4 aromatic rings. The summed E-state index contributed by atoms with van der Waals surface area (Å²) in [7, 11) is 0. The molecule has 5 rings (SSSR count). The van der Waals surface area contributed by atoms with Gasteiger partial charge >= 0.3 is 5.97 Å². The summed E-state index contributed by atoms with van der Waals surface area (Å²) < 4.78 is 13.9. The summed E-state index contributed by atoms with van der Waals surface area (Å²) in [6, 6.07) is 24.2. The number of amides is 1. The summed E-state index contributed by atoms with van der Waals surface area (Å²) in [5, 5.41) is 30.5. The molecule has 9 nitrogen and oxygen atoms in total. The standard InChI is InChI=1S/C36H41N3O6S2/c1-24-38-39-36(47-24)46-23-31-20-32(28-13-11-25(22-40)12-14-28)45-35(44-31)29-17-15-27(16-18-29)30-8-6-7-26(19-30)21-37-33(41)9-4-2-3-5-10-34(42)43/h6-8,11-19,31-32,35,40H,2-5,9-10,20-23H2,1H3,(H,37,41)(H,42,43). The molecule has 1 aliphatic rings. The highest BCUT2D eigenvalue weighted by molar-refractivity contribution is 8.01. The number of aryl methyl sites for hydroxylation is 1. The molecule has 1 aliphatic heterocycles. The largest absolute Gasteiger partial charge is 0.481 e. The Balaban J connectivity index is 1.19. The number of aliphatic carboxylic acids is 1. The number of carboxylic acid groups (broad SMARTS) is 1. The number of nitrogens with zero attached hydrogens (tertiary/aromatic N) is 2. The number of carbonyl (C=O) groups excluding carboxylic acids is 1. The maximum absolute atomic E-state index is 12.3. The predicted molar refractivity (Wildman–Crippen MR) is 183 cm³/mol. The molecule has 2 heterocycles. The first-order chi connectivity index (χ1) is 22.9. The first-order valence-corrected chi connectivity index (χ1v) is 17.8. The van der Waals surface area contributed by atoms with Gasteiger partial charge in [-0.3, -0.25) is 9.59 Å². The fraction of sp³-hybridized carbons (Fsp3) is 0.389. The van der Waals surface area contributed by atoms with Crippen LogP contribution in [0.4, 0.5) is 0 Å². The number of aliphatic hydroxyl groups excluding tert-OH is 1. The Bertz CT molecular complexity index is 1600. The highest BCUT2D eigenvalue weighted by Crippen LogP contribution is 2.40. The second-order valence-corrected chi connectivity index (χ2v) is 14.1. The van der Waals surface area contributed by atoms with Crippen molar-refractivity contribution in [2.75, 3.05) is 5.75 Å². The second-order valence-electron chi connectivity index (χ2n) is 11.7. The molecule has 47 heavy (non-hydrogen) atoms. The molecule has 1 saturated heterocycles. The van der Waals surface area contributed by atoms with Gasteiger partial charge in [0, 0.05) is 37.1 Å². The molecule has 0 aliphatic carbocycles. The first-order valence-electron chi connectivity index (χ1n) is 16.0. The van der Waals surface area contributed by atoms with Crippen molar-refractivity contribution < 1.29 is 29.3 Å². The lowest BCUT2D eigenvalue weighted by molar-refractivity contribution is -0.245. The van der Waals surface area contributed by atoms with Crippen LogP contribution in [0.25, 0.3) is 11.1 Å². The lowest BCUT2D eigenvalue weighted by atomic mass is 9.99. The summed E-state index contributed by atoms with van der Waals surface area (Å²) >= 11 is 3.23. The molecule has 0 bridgehead atoms. The summed E-state index contributed by atoms with van der Waals surface area (Å²) in [5.41, 5.74) is 5.96. The van der Waals surface area contributed by atoms with Crippen molar-refractivity contribution in [1.29, 1.82) is 0 Å². The number of hydrogen-bond donors (Lipinski definition) is 3. The molecule has 3 unspecified atom stereocenters. The summed E-state index contributed by atoms with van der Waals surface area (Å²) in [5.74, 6) is -0.0410. The van der Waals surface area contributed by atoms with Gasteiger partial charge in [-0.15, -0.1) is 10.2 Å². The van der Waals surface area contributed by atoms with E-state index in [2.05, 4.69) is 39.8 Å². The van der Waals surface area contributed by atoms with Crippen LogP contribution in [0.5, 0.6) is 0 Å². The van der Waals surface area contributed by atoms with E-state index in [1.54, 1.807) is 23.1 Å². The van der Waals surface area contributed by atoms with E-state index in [0.29, 0.717) is 25.8 Å². The van der Waals surface area contributed by atoms with Crippen LogP contribution in [0.1, 0.15) is 84.6 Å². The molecular formula is C36H41N3O6S2. The van der Waals surface area contributed by atoms with E-state index in [1.165, 1.54) is 0 Å². The summed E-state index contributed by atoms with van der Waals surface area (Å²) in [6.45, 7) is 2.40. The molecule has 1 fully saturated rings. The molecule has 248 valence electrons. The maximum Gasteiger partial charge on any atom is 0.303 e. The third-order valence-electron chi connectivity index (χ3n) is 7.99. The van der Waals surface area contributed by atoms with E-state index >= 15 is 0 Å². The van der Waals surface area contributed by atoms with Gasteiger partial charge in [-0.25, -0.2) is 0 Å². The van der Waals surface area contributed by atoms with Crippen molar-refractivity contribution in [2.45, 2.75) is 87.9 Å². The Labute approximate surface area is 283 Å². The molecule has 11 heteroatoms. The zero-order valence-electron chi connectivity index (χ0n) is 26.5. The van der Waals surface area contributed by atoms with Gasteiger partial charge in [-0.05, 0) is 53.6 Å². The van der Waals surface area contributed by atoms with Crippen LogP contribution in [0.3, 0.4) is 0 Å². The van der Waals surface area contributed by atoms with Gasteiger partial charge in [0.2, 0.25) is 5.91 Å². The Hall–Kier alpha value is -3.61. The van der Waals surface area contributed by atoms with Crippen LogP contribution >= 0.6 is 23.1 Å². The van der Waals surface area contributed by atoms with Gasteiger partial charge in [-0.1, -0.05) is 103 Å². The van der Waals surface area contributed by atoms with Gasteiger partial charge in [-0.2, -0.15) is 0 Å².